The van der Waals surface area contributed by atoms with Gasteiger partial charge in [-0.1, -0.05) is 12.1 Å². The fourth-order valence-electron chi connectivity index (χ4n) is 5.37. The zero-order valence-corrected chi connectivity index (χ0v) is 24.3. The van der Waals surface area contributed by atoms with Crippen molar-refractivity contribution in [1.29, 1.82) is 0 Å². The number of hydrogen-bond donors (Lipinski definition) is 1. The van der Waals surface area contributed by atoms with E-state index in [0.29, 0.717) is 45.0 Å². The van der Waals surface area contributed by atoms with Crippen molar-refractivity contribution in [1.82, 2.24) is 14.9 Å². The summed E-state index contributed by atoms with van der Waals surface area (Å²) < 4.78 is 16.2. The molecule has 0 radical (unpaired) electrons. The van der Waals surface area contributed by atoms with Crippen LogP contribution >= 0.6 is 0 Å². The van der Waals surface area contributed by atoms with Gasteiger partial charge in [0.25, 0.3) is 0 Å². The Hall–Kier alpha value is -4.34. The average Bonchev–Trinajstić information content (AvgIpc) is 2.98. The van der Waals surface area contributed by atoms with Gasteiger partial charge in [-0.25, -0.2) is 14.8 Å². The number of benzene rings is 2. The van der Waals surface area contributed by atoms with E-state index in [4.69, 9.17) is 19.2 Å². The lowest BCUT2D eigenvalue weighted by Gasteiger charge is -2.46. The van der Waals surface area contributed by atoms with Crippen molar-refractivity contribution in [2.24, 2.45) is 0 Å². The van der Waals surface area contributed by atoms with E-state index in [-0.39, 0.29) is 12.0 Å². The van der Waals surface area contributed by atoms with Crippen molar-refractivity contribution in [3.63, 3.8) is 0 Å². The maximum absolute atomic E-state index is 14.3. The highest BCUT2D eigenvalue weighted by Gasteiger charge is 2.51. The first-order valence-corrected chi connectivity index (χ1v) is 13.8. The lowest BCUT2D eigenvalue weighted by atomic mass is 9.70. The van der Waals surface area contributed by atoms with Gasteiger partial charge in [0.2, 0.25) is 11.9 Å². The number of methoxy groups -OCH3 is 2. The quantitative estimate of drug-likeness (QED) is 0.454. The maximum atomic E-state index is 14.3. The number of carbonyl (C=O) groups is 2. The van der Waals surface area contributed by atoms with Crippen LogP contribution < -0.4 is 19.7 Å². The molecule has 2 aliphatic rings. The summed E-state index contributed by atoms with van der Waals surface area (Å²) in [6.45, 7) is 7.19. The molecule has 10 heteroatoms. The second kappa shape index (κ2) is 11.3. The highest BCUT2D eigenvalue weighted by atomic mass is 16.6. The van der Waals surface area contributed by atoms with E-state index in [1.165, 1.54) is 0 Å². The monoisotopic (exact) mass is 559 g/mol. The fourth-order valence-corrected chi connectivity index (χ4v) is 5.37. The molecule has 0 aliphatic carbocycles. The van der Waals surface area contributed by atoms with Gasteiger partial charge >= 0.3 is 6.09 Å². The van der Waals surface area contributed by atoms with Crippen LogP contribution in [-0.4, -0.2) is 59.8 Å². The minimum Gasteiger partial charge on any atom is -0.497 e. The largest absolute Gasteiger partial charge is 0.497 e. The van der Waals surface area contributed by atoms with Gasteiger partial charge < -0.3 is 29.3 Å². The number of fused-ring (bicyclic) bond motifs is 2. The smallest absolute Gasteiger partial charge is 0.410 e. The molecule has 5 rings (SSSR count). The van der Waals surface area contributed by atoms with Crippen LogP contribution in [0, 0.1) is 0 Å². The third kappa shape index (κ3) is 5.91. The third-order valence-corrected chi connectivity index (χ3v) is 7.56. The number of likely N-dealkylation sites (tertiary alicyclic amines) is 1. The molecule has 1 N–H and O–H groups in total. The van der Waals surface area contributed by atoms with Gasteiger partial charge in [-0.2, -0.15) is 0 Å². The number of nitrogens with zero attached hydrogens (tertiary/aromatic N) is 4. The zero-order chi connectivity index (χ0) is 29.2. The number of ether oxygens (including phenoxy) is 3. The van der Waals surface area contributed by atoms with E-state index in [2.05, 4.69) is 10.3 Å². The number of aromatic nitrogens is 2. The van der Waals surface area contributed by atoms with Crippen LogP contribution in [0.4, 0.5) is 16.4 Å². The van der Waals surface area contributed by atoms with Gasteiger partial charge in [0.15, 0.2) is 0 Å². The minimum atomic E-state index is -0.897. The van der Waals surface area contributed by atoms with Crippen LogP contribution in [0.25, 0.3) is 0 Å². The molecule has 3 heterocycles. The average molecular weight is 560 g/mol. The molecular weight excluding hydrogens is 522 g/mol. The van der Waals surface area contributed by atoms with E-state index in [0.717, 1.165) is 34.0 Å². The molecular formula is C31H37N5O5. The molecule has 1 saturated heterocycles. The lowest BCUT2D eigenvalue weighted by molar-refractivity contribution is -0.127. The molecule has 0 atom stereocenters. The van der Waals surface area contributed by atoms with Crippen LogP contribution in [0.1, 0.15) is 50.4 Å². The number of anilines is 2. The van der Waals surface area contributed by atoms with Crippen LogP contribution in [-0.2, 0) is 28.0 Å². The lowest BCUT2D eigenvalue weighted by Crippen LogP contribution is -2.57. The summed E-state index contributed by atoms with van der Waals surface area (Å²) >= 11 is 0. The second-order valence-electron chi connectivity index (χ2n) is 11.4. The Bertz CT molecular complexity index is 1390. The van der Waals surface area contributed by atoms with E-state index in [9.17, 15) is 9.59 Å². The van der Waals surface area contributed by atoms with Crippen molar-refractivity contribution < 1.29 is 23.8 Å². The predicted molar refractivity (Wildman–Crippen MR) is 155 cm³/mol. The Morgan fingerprint density at radius 3 is 2.17 bits per heavy atom. The Labute approximate surface area is 240 Å². The number of hydrogen-bond acceptors (Lipinski definition) is 8. The summed E-state index contributed by atoms with van der Waals surface area (Å²) in [6, 6.07) is 15.2. The molecule has 0 saturated carbocycles. The summed E-state index contributed by atoms with van der Waals surface area (Å²) in [5.41, 5.74) is 1.95. The van der Waals surface area contributed by atoms with Gasteiger partial charge in [-0.15, -0.1) is 0 Å². The number of amides is 2. The standard InChI is InChI=1S/C31H37N5O5/c1-30(2,3)41-29(38)35-16-14-31(15-17-35)26-22(20-36(27(31)37)23-8-12-25(40-5)13-9-23)19-33-28(34-26)32-18-21-6-10-24(39-4)11-7-21/h6-13,19H,14-18,20H2,1-5H3,(H,32,33,34). The molecule has 1 fully saturated rings. The van der Waals surface area contributed by atoms with Crippen LogP contribution in [0.3, 0.4) is 0 Å². The van der Waals surface area contributed by atoms with Gasteiger partial charge in [-0.05, 0) is 75.6 Å². The first kappa shape index (κ1) is 28.2. The number of carbonyl (C=O) groups excluding carboxylic acids is 2. The zero-order valence-electron chi connectivity index (χ0n) is 24.3. The van der Waals surface area contributed by atoms with Crippen molar-refractivity contribution in [3.05, 3.63) is 71.5 Å². The molecule has 2 aliphatic heterocycles. The second-order valence-corrected chi connectivity index (χ2v) is 11.4. The highest BCUT2D eigenvalue weighted by molar-refractivity contribution is 6.03. The van der Waals surface area contributed by atoms with Gasteiger partial charge in [-0.3, -0.25) is 4.79 Å². The van der Waals surface area contributed by atoms with Crippen molar-refractivity contribution in [3.8, 4) is 11.5 Å². The Balaban J connectivity index is 1.44. The Morgan fingerprint density at radius 2 is 1.59 bits per heavy atom. The molecule has 2 aromatic carbocycles. The molecule has 1 spiro atoms. The molecule has 3 aromatic rings. The summed E-state index contributed by atoms with van der Waals surface area (Å²) in [5, 5.41) is 3.31. The molecule has 2 amide bonds. The molecule has 0 unspecified atom stereocenters. The third-order valence-electron chi connectivity index (χ3n) is 7.56. The Kier molecular flexibility index (Phi) is 7.75. The van der Waals surface area contributed by atoms with Crippen LogP contribution in [0.5, 0.6) is 11.5 Å². The van der Waals surface area contributed by atoms with Crippen molar-refractivity contribution in [2.45, 2.75) is 57.7 Å². The van der Waals surface area contributed by atoms with E-state index >= 15 is 0 Å². The molecule has 0 bridgehead atoms. The summed E-state index contributed by atoms with van der Waals surface area (Å²) in [5.74, 6) is 1.94. The highest BCUT2D eigenvalue weighted by Crippen LogP contribution is 2.43. The number of piperidine rings is 1. The topological polar surface area (TPSA) is 106 Å². The van der Waals surface area contributed by atoms with E-state index in [1.807, 2.05) is 75.5 Å². The molecule has 41 heavy (non-hydrogen) atoms. The first-order valence-electron chi connectivity index (χ1n) is 13.8. The summed E-state index contributed by atoms with van der Waals surface area (Å²) in [4.78, 5) is 40.2. The maximum Gasteiger partial charge on any atom is 0.410 e. The van der Waals surface area contributed by atoms with Crippen molar-refractivity contribution >= 4 is 23.6 Å². The number of nitrogens with one attached hydrogen (secondary N) is 1. The van der Waals surface area contributed by atoms with Crippen LogP contribution in [0.2, 0.25) is 0 Å². The van der Waals surface area contributed by atoms with Gasteiger partial charge in [0.1, 0.15) is 17.1 Å². The summed E-state index contributed by atoms with van der Waals surface area (Å²) in [6.07, 6.45) is 2.30. The molecule has 216 valence electrons. The number of rotatable bonds is 6. The first-order chi connectivity index (χ1) is 19.6. The molecule has 10 nitrogen and oxygen atoms in total. The van der Waals surface area contributed by atoms with Gasteiger partial charge in [0.05, 0.1) is 31.9 Å². The normalized spacial score (nSPS) is 16.3. The SMILES string of the molecule is COc1ccc(CNc2ncc3c(n2)C2(CCN(C(=O)OC(C)(C)C)CC2)C(=O)N(c2ccc(OC)cc2)C3)cc1. The minimum absolute atomic E-state index is 0.0289. The van der Waals surface area contributed by atoms with E-state index in [1.54, 1.807) is 24.0 Å². The molecule has 1 aromatic heterocycles. The van der Waals surface area contributed by atoms with E-state index < -0.39 is 11.0 Å². The van der Waals surface area contributed by atoms with Gasteiger partial charge in [0, 0.05) is 37.1 Å². The van der Waals surface area contributed by atoms with Crippen molar-refractivity contribution in [2.75, 3.05) is 37.5 Å². The fraction of sp³-hybridized carbons (Fsp3) is 0.419. The summed E-state index contributed by atoms with van der Waals surface area (Å²) in [7, 11) is 3.25. The Morgan fingerprint density at radius 1 is 0.976 bits per heavy atom. The van der Waals surface area contributed by atoms with Crippen LogP contribution in [0.15, 0.2) is 54.7 Å². The predicted octanol–water partition coefficient (Wildman–Crippen LogP) is 4.92.